The molecule has 0 aromatic heterocycles. The van der Waals surface area contributed by atoms with E-state index in [0.717, 1.165) is 42.9 Å². The van der Waals surface area contributed by atoms with Crippen molar-refractivity contribution in [2.45, 2.75) is 58.4 Å². The van der Waals surface area contributed by atoms with Crippen LogP contribution in [0, 0.1) is 0 Å². The van der Waals surface area contributed by atoms with Crippen LogP contribution in [0.5, 0.6) is 5.75 Å². The zero-order chi connectivity index (χ0) is 18.1. The van der Waals surface area contributed by atoms with Crippen LogP contribution in [0.3, 0.4) is 0 Å². The average Bonchev–Trinajstić information content (AvgIpc) is 2.48. The van der Waals surface area contributed by atoms with Crippen molar-refractivity contribution in [1.82, 2.24) is 10.2 Å². The number of piperazine rings is 1. The van der Waals surface area contributed by atoms with Crippen LogP contribution < -0.4 is 5.32 Å². The van der Waals surface area contributed by atoms with E-state index in [1.165, 1.54) is 0 Å². The number of phenols is 1. The maximum Gasteiger partial charge on any atom is 0.124 e. The highest BCUT2D eigenvalue weighted by Crippen LogP contribution is 2.41. The summed E-state index contributed by atoms with van der Waals surface area (Å²) in [6.07, 6.45) is 0. The summed E-state index contributed by atoms with van der Waals surface area (Å²) < 4.78 is 14.0. The van der Waals surface area contributed by atoms with Gasteiger partial charge in [0, 0.05) is 31.7 Å². The minimum absolute atomic E-state index is 0. The van der Waals surface area contributed by atoms with Crippen molar-refractivity contribution in [3.05, 3.63) is 28.8 Å². The fraction of sp³-hybridized carbons (Fsp3) is 0.700. The second kappa shape index (κ2) is 9.59. The van der Waals surface area contributed by atoms with Crippen molar-refractivity contribution in [1.29, 1.82) is 0 Å². The summed E-state index contributed by atoms with van der Waals surface area (Å²) in [7, 11) is 0. The van der Waals surface area contributed by atoms with Crippen LogP contribution in [0.25, 0.3) is 0 Å². The summed E-state index contributed by atoms with van der Waals surface area (Å²) in [5.41, 5.74) is 2.54. The zero-order valence-corrected chi connectivity index (χ0v) is 18.5. The third-order valence-electron chi connectivity index (χ3n) is 4.91. The summed E-state index contributed by atoms with van der Waals surface area (Å²) in [6.45, 7) is 15.6. The molecule has 6 heteroatoms. The maximum absolute atomic E-state index is 14.0. The molecule has 2 rings (SSSR count). The first-order chi connectivity index (χ1) is 11.1. The molecule has 0 amide bonds. The Hall–Kier alpha value is -0.550. The van der Waals surface area contributed by atoms with E-state index >= 15 is 0 Å². The van der Waals surface area contributed by atoms with E-state index in [1.54, 1.807) is 0 Å². The quantitative estimate of drug-likeness (QED) is 0.757. The first-order valence-corrected chi connectivity index (χ1v) is 8.94. The van der Waals surface area contributed by atoms with Gasteiger partial charge in [-0.15, -0.1) is 24.8 Å². The van der Waals surface area contributed by atoms with E-state index in [2.05, 4.69) is 57.8 Å². The standard InChI is InChI=1S/C20H33FN2O.2ClH/c1-19(2,3)14-11-15(18(24)16(12-14)20(4,5)6)17(13-21)23-9-7-22-8-10-23;;/h11-12,17,22,24H,7-10,13H2,1-6H3;2*1H/t17-;;/m1../s1. The molecule has 1 aromatic carbocycles. The van der Waals surface area contributed by atoms with Crippen molar-refractivity contribution in [2.75, 3.05) is 32.9 Å². The topological polar surface area (TPSA) is 35.5 Å². The fourth-order valence-electron chi connectivity index (χ4n) is 3.29. The number of alkyl halides is 1. The summed E-state index contributed by atoms with van der Waals surface area (Å²) in [5.74, 6) is 0.261. The highest BCUT2D eigenvalue weighted by Gasteiger charge is 2.30. The van der Waals surface area contributed by atoms with Gasteiger partial charge < -0.3 is 10.4 Å². The average molecular weight is 409 g/mol. The fourth-order valence-corrected chi connectivity index (χ4v) is 3.29. The molecule has 0 spiro atoms. The second-order valence-electron chi connectivity index (χ2n) is 8.92. The minimum atomic E-state index is -0.481. The molecule has 1 aliphatic rings. The Bertz CT molecular complexity index is 576. The Morgan fingerprint density at radius 2 is 1.58 bits per heavy atom. The Morgan fingerprint density at radius 1 is 1.04 bits per heavy atom. The lowest BCUT2D eigenvalue weighted by Crippen LogP contribution is -2.45. The number of phenolic OH excluding ortho intramolecular Hbond substituents is 1. The molecule has 0 radical (unpaired) electrons. The van der Waals surface area contributed by atoms with Crippen molar-refractivity contribution in [3.63, 3.8) is 0 Å². The highest BCUT2D eigenvalue weighted by atomic mass is 35.5. The molecule has 1 heterocycles. The number of hydrogen-bond donors (Lipinski definition) is 2. The number of benzene rings is 1. The van der Waals surface area contributed by atoms with E-state index in [0.29, 0.717) is 0 Å². The van der Waals surface area contributed by atoms with Crippen molar-refractivity contribution in [3.8, 4) is 5.75 Å². The molecule has 152 valence electrons. The molecule has 0 saturated carbocycles. The van der Waals surface area contributed by atoms with Gasteiger partial charge >= 0.3 is 0 Å². The highest BCUT2D eigenvalue weighted by molar-refractivity contribution is 5.85. The SMILES string of the molecule is CC(C)(C)c1cc([C@@H](CF)N2CCNCC2)c(O)c(C(C)(C)C)c1.Cl.Cl. The molecule has 3 nitrogen and oxygen atoms in total. The predicted molar refractivity (Wildman–Crippen MR) is 113 cm³/mol. The molecule has 1 fully saturated rings. The Balaban J connectivity index is 0.00000312. The molecule has 0 aliphatic carbocycles. The Labute approximate surface area is 170 Å². The number of hydrogen-bond acceptors (Lipinski definition) is 3. The molecule has 1 aromatic rings. The first-order valence-electron chi connectivity index (χ1n) is 8.94. The minimum Gasteiger partial charge on any atom is -0.507 e. The third-order valence-corrected chi connectivity index (χ3v) is 4.91. The predicted octanol–water partition coefficient (Wildman–Crippen LogP) is 4.75. The number of rotatable bonds is 3. The number of halogens is 3. The monoisotopic (exact) mass is 408 g/mol. The van der Waals surface area contributed by atoms with Gasteiger partial charge in [-0.05, 0) is 28.0 Å². The smallest absolute Gasteiger partial charge is 0.124 e. The summed E-state index contributed by atoms with van der Waals surface area (Å²) in [5, 5.41) is 14.2. The van der Waals surface area contributed by atoms with E-state index in [4.69, 9.17) is 0 Å². The van der Waals surface area contributed by atoms with Gasteiger partial charge in [0.2, 0.25) is 0 Å². The van der Waals surface area contributed by atoms with Gasteiger partial charge in [-0.25, -0.2) is 4.39 Å². The lowest BCUT2D eigenvalue weighted by atomic mass is 9.78. The second-order valence-corrected chi connectivity index (χ2v) is 8.92. The largest absolute Gasteiger partial charge is 0.507 e. The van der Waals surface area contributed by atoms with Gasteiger partial charge in [-0.2, -0.15) is 0 Å². The third kappa shape index (κ3) is 5.72. The summed E-state index contributed by atoms with van der Waals surface area (Å²) >= 11 is 0. The zero-order valence-electron chi connectivity index (χ0n) is 16.9. The van der Waals surface area contributed by atoms with Gasteiger partial charge in [-0.1, -0.05) is 47.6 Å². The van der Waals surface area contributed by atoms with Crippen molar-refractivity contribution >= 4 is 24.8 Å². The summed E-state index contributed by atoms with van der Waals surface area (Å²) in [4.78, 5) is 2.14. The van der Waals surface area contributed by atoms with Crippen LogP contribution in [0.1, 0.15) is 64.3 Å². The molecular formula is C20H35Cl2FN2O. The lowest BCUT2D eigenvalue weighted by molar-refractivity contribution is 0.145. The molecule has 1 atom stereocenters. The number of nitrogens with zero attached hydrogens (tertiary/aromatic N) is 1. The Kier molecular flexibility index (Phi) is 9.38. The molecule has 0 unspecified atom stereocenters. The van der Waals surface area contributed by atoms with E-state index in [-0.39, 0.29) is 47.4 Å². The Morgan fingerprint density at radius 3 is 2.00 bits per heavy atom. The van der Waals surface area contributed by atoms with Crippen molar-refractivity contribution < 1.29 is 9.50 Å². The molecule has 2 N–H and O–H groups in total. The maximum atomic E-state index is 14.0. The van der Waals surface area contributed by atoms with Gasteiger partial charge in [0.15, 0.2) is 0 Å². The van der Waals surface area contributed by atoms with Crippen LogP contribution in [-0.4, -0.2) is 42.9 Å². The van der Waals surface area contributed by atoms with Gasteiger partial charge in [0.05, 0.1) is 6.04 Å². The van der Waals surface area contributed by atoms with Crippen LogP contribution in [0.2, 0.25) is 0 Å². The lowest BCUT2D eigenvalue weighted by Gasteiger charge is -2.36. The molecule has 1 aliphatic heterocycles. The molecular weight excluding hydrogens is 374 g/mol. The van der Waals surface area contributed by atoms with Crippen LogP contribution in [0.4, 0.5) is 4.39 Å². The molecule has 26 heavy (non-hydrogen) atoms. The van der Waals surface area contributed by atoms with Crippen LogP contribution >= 0.6 is 24.8 Å². The van der Waals surface area contributed by atoms with Crippen LogP contribution in [-0.2, 0) is 10.8 Å². The van der Waals surface area contributed by atoms with E-state index < -0.39 is 6.67 Å². The summed E-state index contributed by atoms with van der Waals surface area (Å²) in [6, 6.07) is 3.72. The normalized spacial score (nSPS) is 17.2. The number of aromatic hydroxyl groups is 1. The van der Waals surface area contributed by atoms with E-state index in [1.807, 2.05) is 6.07 Å². The van der Waals surface area contributed by atoms with Gasteiger partial charge in [0.25, 0.3) is 0 Å². The first kappa shape index (κ1) is 25.4. The van der Waals surface area contributed by atoms with Gasteiger partial charge in [-0.3, -0.25) is 4.90 Å². The molecule has 0 bridgehead atoms. The molecule has 1 saturated heterocycles. The number of nitrogens with one attached hydrogen (secondary N) is 1. The van der Waals surface area contributed by atoms with Crippen molar-refractivity contribution in [2.24, 2.45) is 0 Å². The van der Waals surface area contributed by atoms with Gasteiger partial charge in [0.1, 0.15) is 12.4 Å². The van der Waals surface area contributed by atoms with Crippen LogP contribution in [0.15, 0.2) is 12.1 Å². The van der Waals surface area contributed by atoms with E-state index in [9.17, 15) is 9.50 Å².